The second-order valence-electron chi connectivity index (χ2n) is 6.34. The minimum atomic E-state index is 0.453. The van der Waals surface area contributed by atoms with Crippen molar-refractivity contribution in [3.8, 4) is 11.5 Å². The van der Waals surface area contributed by atoms with Crippen LogP contribution in [0.2, 0.25) is 0 Å². The van der Waals surface area contributed by atoms with Gasteiger partial charge in [-0.3, -0.25) is 0 Å². The lowest BCUT2D eigenvalue weighted by atomic mass is 10.0. The summed E-state index contributed by atoms with van der Waals surface area (Å²) in [6, 6.07) is 14.3. The number of benzene rings is 2. The van der Waals surface area contributed by atoms with Crippen molar-refractivity contribution in [1.29, 1.82) is 0 Å². The number of rotatable bonds is 10. The number of aryl methyl sites for hydroxylation is 1. The van der Waals surface area contributed by atoms with Crippen LogP contribution in [-0.2, 0) is 4.74 Å². The summed E-state index contributed by atoms with van der Waals surface area (Å²) < 4.78 is 16.5. The molecule has 0 aliphatic rings. The molecule has 4 heteroatoms. The maximum absolute atomic E-state index is 5.99. The summed E-state index contributed by atoms with van der Waals surface area (Å²) in [5, 5.41) is 3.37. The highest BCUT2D eigenvalue weighted by atomic mass is 16.5. The van der Waals surface area contributed by atoms with Crippen LogP contribution in [-0.4, -0.2) is 33.5 Å². The van der Waals surface area contributed by atoms with Crippen LogP contribution in [0.3, 0.4) is 0 Å². The van der Waals surface area contributed by atoms with E-state index in [0.29, 0.717) is 25.7 Å². The highest BCUT2D eigenvalue weighted by Crippen LogP contribution is 2.27. The maximum Gasteiger partial charge on any atom is 0.123 e. The summed E-state index contributed by atoms with van der Waals surface area (Å²) in [6.07, 6.45) is 0. The number of hydrogen-bond donors (Lipinski definition) is 1. The Morgan fingerprint density at radius 2 is 1.68 bits per heavy atom. The first kappa shape index (κ1) is 19.1. The van der Waals surface area contributed by atoms with Crippen LogP contribution >= 0.6 is 0 Å². The Hall–Kier alpha value is -2.20. The van der Waals surface area contributed by atoms with E-state index in [1.54, 1.807) is 7.11 Å². The molecule has 0 aliphatic carbocycles. The average Bonchev–Trinajstić information content (AvgIpc) is 2.60. The van der Waals surface area contributed by atoms with Gasteiger partial charge in [-0.05, 0) is 54.3 Å². The van der Waals surface area contributed by atoms with E-state index in [1.165, 1.54) is 11.1 Å². The number of hydrogen-bond acceptors (Lipinski definition) is 4. The van der Waals surface area contributed by atoms with Gasteiger partial charge in [-0.2, -0.15) is 0 Å². The SMILES string of the molecule is COCCOc1ccc(NCCOc2cc(C)ccc2C(C)C)cc1. The fourth-order valence-corrected chi connectivity index (χ4v) is 2.51. The van der Waals surface area contributed by atoms with Gasteiger partial charge in [-0.15, -0.1) is 0 Å². The molecule has 0 amide bonds. The highest BCUT2D eigenvalue weighted by Gasteiger charge is 2.07. The highest BCUT2D eigenvalue weighted by molar-refractivity contribution is 5.46. The van der Waals surface area contributed by atoms with Gasteiger partial charge in [0.15, 0.2) is 0 Å². The Labute approximate surface area is 151 Å². The molecule has 136 valence electrons. The molecule has 0 atom stereocenters. The molecule has 0 fully saturated rings. The average molecular weight is 343 g/mol. The predicted molar refractivity (Wildman–Crippen MR) is 103 cm³/mol. The monoisotopic (exact) mass is 343 g/mol. The Morgan fingerprint density at radius 3 is 2.36 bits per heavy atom. The van der Waals surface area contributed by atoms with Crippen molar-refractivity contribution in [1.82, 2.24) is 0 Å². The molecule has 0 saturated carbocycles. The van der Waals surface area contributed by atoms with Gasteiger partial charge in [0.25, 0.3) is 0 Å². The van der Waals surface area contributed by atoms with Crippen molar-refractivity contribution in [2.45, 2.75) is 26.7 Å². The molecule has 2 rings (SSSR count). The molecule has 2 aromatic rings. The second-order valence-corrected chi connectivity index (χ2v) is 6.34. The van der Waals surface area contributed by atoms with E-state index in [-0.39, 0.29) is 0 Å². The lowest BCUT2D eigenvalue weighted by molar-refractivity contribution is 0.146. The van der Waals surface area contributed by atoms with Crippen LogP contribution in [0.25, 0.3) is 0 Å². The molecular formula is C21H29NO3. The third kappa shape index (κ3) is 6.31. The summed E-state index contributed by atoms with van der Waals surface area (Å²) in [7, 11) is 1.67. The largest absolute Gasteiger partial charge is 0.491 e. The number of anilines is 1. The summed E-state index contributed by atoms with van der Waals surface area (Å²) in [5.41, 5.74) is 3.52. The van der Waals surface area contributed by atoms with Gasteiger partial charge in [0, 0.05) is 19.3 Å². The fourth-order valence-electron chi connectivity index (χ4n) is 2.51. The van der Waals surface area contributed by atoms with Gasteiger partial charge >= 0.3 is 0 Å². The van der Waals surface area contributed by atoms with Crippen molar-refractivity contribution in [3.63, 3.8) is 0 Å². The third-order valence-electron chi connectivity index (χ3n) is 3.89. The molecular weight excluding hydrogens is 314 g/mol. The van der Waals surface area contributed by atoms with Crippen molar-refractivity contribution >= 4 is 5.69 Å². The number of methoxy groups -OCH3 is 1. The van der Waals surface area contributed by atoms with Crippen molar-refractivity contribution in [2.75, 3.05) is 38.8 Å². The Morgan fingerprint density at radius 1 is 0.920 bits per heavy atom. The number of nitrogens with one attached hydrogen (secondary N) is 1. The van der Waals surface area contributed by atoms with E-state index < -0.39 is 0 Å². The molecule has 0 radical (unpaired) electrons. The lowest BCUT2D eigenvalue weighted by Gasteiger charge is -2.15. The van der Waals surface area contributed by atoms with Crippen LogP contribution in [0.1, 0.15) is 30.9 Å². The lowest BCUT2D eigenvalue weighted by Crippen LogP contribution is -2.12. The smallest absolute Gasteiger partial charge is 0.123 e. The zero-order chi connectivity index (χ0) is 18.1. The molecule has 0 bridgehead atoms. The van der Waals surface area contributed by atoms with E-state index in [2.05, 4.69) is 44.3 Å². The van der Waals surface area contributed by atoms with E-state index in [1.807, 2.05) is 24.3 Å². The third-order valence-corrected chi connectivity index (χ3v) is 3.89. The van der Waals surface area contributed by atoms with Crippen LogP contribution in [0.5, 0.6) is 11.5 Å². The summed E-state index contributed by atoms with van der Waals surface area (Å²) in [5.74, 6) is 2.29. The molecule has 4 nitrogen and oxygen atoms in total. The summed E-state index contributed by atoms with van der Waals surface area (Å²) in [6.45, 7) is 8.98. The normalized spacial score (nSPS) is 10.8. The van der Waals surface area contributed by atoms with E-state index in [4.69, 9.17) is 14.2 Å². The van der Waals surface area contributed by atoms with Crippen LogP contribution in [0.4, 0.5) is 5.69 Å². The van der Waals surface area contributed by atoms with Gasteiger partial charge in [0.05, 0.1) is 6.61 Å². The summed E-state index contributed by atoms with van der Waals surface area (Å²) in [4.78, 5) is 0. The first-order chi connectivity index (χ1) is 12.1. The first-order valence-electron chi connectivity index (χ1n) is 8.79. The second kappa shape index (κ2) is 9.94. The van der Waals surface area contributed by atoms with Gasteiger partial charge in [-0.1, -0.05) is 26.0 Å². The Balaban J connectivity index is 1.78. The minimum absolute atomic E-state index is 0.453. The van der Waals surface area contributed by atoms with Crippen molar-refractivity contribution in [3.05, 3.63) is 53.6 Å². The zero-order valence-electron chi connectivity index (χ0n) is 15.7. The number of ether oxygens (including phenoxy) is 3. The van der Waals surface area contributed by atoms with Gasteiger partial charge in [0.1, 0.15) is 24.7 Å². The Kier molecular flexibility index (Phi) is 7.61. The molecule has 0 spiro atoms. The Bertz CT molecular complexity index is 638. The molecule has 1 N–H and O–H groups in total. The fraction of sp³-hybridized carbons (Fsp3) is 0.429. The van der Waals surface area contributed by atoms with E-state index in [0.717, 1.165) is 23.7 Å². The van der Waals surface area contributed by atoms with Crippen molar-refractivity contribution < 1.29 is 14.2 Å². The molecule has 2 aromatic carbocycles. The molecule has 0 heterocycles. The van der Waals surface area contributed by atoms with Crippen LogP contribution in [0, 0.1) is 6.92 Å². The first-order valence-corrected chi connectivity index (χ1v) is 8.79. The zero-order valence-corrected chi connectivity index (χ0v) is 15.7. The van der Waals surface area contributed by atoms with E-state index >= 15 is 0 Å². The topological polar surface area (TPSA) is 39.7 Å². The summed E-state index contributed by atoms with van der Waals surface area (Å²) >= 11 is 0. The van der Waals surface area contributed by atoms with Crippen molar-refractivity contribution in [2.24, 2.45) is 0 Å². The molecule has 0 aliphatic heterocycles. The predicted octanol–water partition coefficient (Wildman–Crippen LogP) is 4.63. The molecule has 0 unspecified atom stereocenters. The standard InChI is InChI=1S/C21H29NO3/c1-16(2)20-10-5-17(3)15-21(20)25-12-11-22-18-6-8-19(9-7-18)24-14-13-23-4/h5-10,15-16,22H,11-14H2,1-4H3. The van der Waals surface area contributed by atoms with Crippen LogP contribution in [0.15, 0.2) is 42.5 Å². The minimum Gasteiger partial charge on any atom is -0.491 e. The van der Waals surface area contributed by atoms with Crippen LogP contribution < -0.4 is 14.8 Å². The van der Waals surface area contributed by atoms with Gasteiger partial charge < -0.3 is 19.5 Å². The molecule has 0 aromatic heterocycles. The van der Waals surface area contributed by atoms with Gasteiger partial charge in [0.2, 0.25) is 0 Å². The van der Waals surface area contributed by atoms with Gasteiger partial charge in [-0.25, -0.2) is 0 Å². The van der Waals surface area contributed by atoms with E-state index in [9.17, 15) is 0 Å². The quantitative estimate of drug-likeness (QED) is 0.638. The molecule has 0 saturated heterocycles. The molecule has 25 heavy (non-hydrogen) atoms. The maximum atomic E-state index is 5.99.